The molecule has 0 spiro atoms. The van der Waals surface area contributed by atoms with E-state index in [2.05, 4.69) is 36.5 Å². The molecule has 1 aromatic rings. The lowest BCUT2D eigenvalue weighted by molar-refractivity contribution is 0.0166. The predicted octanol–water partition coefficient (Wildman–Crippen LogP) is 3.12. The van der Waals surface area contributed by atoms with Crippen LogP contribution in [-0.4, -0.2) is 37.5 Å². The highest BCUT2D eigenvalue weighted by Gasteiger charge is 2.17. The van der Waals surface area contributed by atoms with Gasteiger partial charge in [0.25, 0.3) is 0 Å². The molecule has 0 aromatic carbocycles. The van der Waals surface area contributed by atoms with E-state index in [9.17, 15) is 0 Å². The summed E-state index contributed by atoms with van der Waals surface area (Å²) in [6.45, 7) is 10.9. The van der Waals surface area contributed by atoms with Crippen LogP contribution in [0, 0.1) is 0 Å². The van der Waals surface area contributed by atoms with E-state index in [0.29, 0.717) is 6.10 Å². The van der Waals surface area contributed by atoms with Gasteiger partial charge >= 0.3 is 0 Å². The molecule has 0 saturated carbocycles. The van der Waals surface area contributed by atoms with Crippen molar-refractivity contribution >= 4 is 11.3 Å². The van der Waals surface area contributed by atoms with Gasteiger partial charge in [-0.2, -0.15) is 0 Å². The second-order valence-corrected chi connectivity index (χ2v) is 7.49. The van der Waals surface area contributed by atoms with Gasteiger partial charge < -0.3 is 14.8 Å². The lowest BCUT2D eigenvalue weighted by atomic mass is 9.98. The van der Waals surface area contributed by atoms with Crippen molar-refractivity contribution in [3.05, 3.63) is 16.1 Å². The first-order valence-corrected chi connectivity index (χ1v) is 8.78. The van der Waals surface area contributed by atoms with E-state index in [1.165, 1.54) is 11.4 Å². The Bertz CT molecular complexity index is 409. The van der Waals surface area contributed by atoms with Gasteiger partial charge in [-0.15, -0.1) is 11.3 Å². The van der Waals surface area contributed by atoms with Crippen molar-refractivity contribution in [1.29, 1.82) is 0 Å². The van der Waals surface area contributed by atoms with E-state index < -0.39 is 0 Å². The van der Waals surface area contributed by atoms with Crippen molar-refractivity contribution in [2.75, 3.05) is 26.4 Å². The summed E-state index contributed by atoms with van der Waals surface area (Å²) in [5, 5.41) is 6.79. The molecule has 1 atom stereocenters. The van der Waals surface area contributed by atoms with Crippen LogP contribution in [0.4, 0.5) is 0 Å². The summed E-state index contributed by atoms with van der Waals surface area (Å²) >= 11 is 1.75. The highest BCUT2D eigenvalue weighted by Crippen LogP contribution is 2.25. The molecule has 2 rings (SSSR count). The summed E-state index contributed by atoms with van der Waals surface area (Å²) in [4.78, 5) is 4.68. The van der Waals surface area contributed by atoms with E-state index in [4.69, 9.17) is 9.47 Å². The summed E-state index contributed by atoms with van der Waals surface area (Å²) < 4.78 is 11.2. The molecule has 1 aliphatic rings. The molecule has 2 heterocycles. The molecule has 1 saturated heterocycles. The molecule has 0 aliphatic carbocycles. The van der Waals surface area contributed by atoms with Gasteiger partial charge in [0.15, 0.2) is 0 Å². The molecule has 4 nitrogen and oxygen atoms in total. The smallest absolute Gasteiger partial charge is 0.0982 e. The largest absolute Gasteiger partial charge is 0.379 e. The SMILES string of the molecule is CC(C)(C)c1nc(CNCCCOCC2CCCO2)cs1. The molecular formula is C16H28N2O2S. The zero-order chi connectivity index (χ0) is 15.1. The second-order valence-electron chi connectivity index (χ2n) is 6.63. The summed E-state index contributed by atoms with van der Waals surface area (Å²) in [5.74, 6) is 0. The van der Waals surface area contributed by atoms with Crippen molar-refractivity contribution in [1.82, 2.24) is 10.3 Å². The summed E-state index contributed by atoms with van der Waals surface area (Å²) in [6.07, 6.45) is 3.70. The number of thiazole rings is 1. The predicted molar refractivity (Wildman–Crippen MR) is 86.9 cm³/mol. The summed E-state index contributed by atoms with van der Waals surface area (Å²) in [7, 11) is 0. The van der Waals surface area contributed by atoms with E-state index >= 15 is 0 Å². The Morgan fingerprint density at radius 3 is 3.00 bits per heavy atom. The fourth-order valence-electron chi connectivity index (χ4n) is 2.24. The molecule has 120 valence electrons. The maximum absolute atomic E-state index is 5.64. The third-order valence-corrected chi connectivity index (χ3v) is 4.79. The average Bonchev–Trinajstić information content (AvgIpc) is 3.07. The minimum atomic E-state index is 0.152. The molecule has 1 N–H and O–H groups in total. The first kappa shape index (κ1) is 16.9. The van der Waals surface area contributed by atoms with Crippen LogP contribution >= 0.6 is 11.3 Å². The number of nitrogens with one attached hydrogen (secondary N) is 1. The fraction of sp³-hybridized carbons (Fsp3) is 0.812. The van der Waals surface area contributed by atoms with Gasteiger partial charge in [-0.1, -0.05) is 20.8 Å². The Morgan fingerprint density at radius 2 is 2.33 bits per heavy atom. The molecule has 1 unspecified atom stereocenters. The van der Waals surface area contributed by atoms with E-state index in [0.717, 1.165) is 51.4 Å². The Kier molecular flexibility index (Phi) is 6.61. The molecule has 0 radical (unpaired) electrons. The Balaban J connectivity index is 1.50. The third-order valence-electron chi connectivity index (χ3n) is 3.47. The van der Waals surface area contributed by atoms with Gasteiger partial charge in [0.2, 0.25) is 0 Å². The van der Waals surface area contributed by atoms with Crippen LogP contribution in [0.15, 0.2) is 5.38 Å². The summed E-state index contributed by atoms with van der Waals surface area (Å²) in [5.41, 5.74) is 1.30. The highest BCUT2D eigenvalue weighted by molar-refractivity contribution is 7.09. The summed E-state index contributed by atoms with van der Waals surface area (Å²) in [6, 6.07) is 0. The molecule has 5 heteroatoms. The lowest BCUT2D eigenvalue weighted by Crippen LogP contribution is -2.19. The fourth-order valence-corrected chi connectivity index (χ4v) is 3.15. The molecule has 21 heavy (non-hydrogen) atoms. The van der Waals surface area contributed by atoms with E-state index in [1.807, 2.05) is 0 Å². The minimum Gasteiger partial charge on any atom is -0.379 e. The Hall–Kier alpha value is -0.490. The number of aromatic nitrogens is 1. The van der Waals surface area contributed by atoms with Crippen LogP contribution in [0.25, 0.3) is 0 Å². The minimum absolute atomic E-state index is 0.152. The Labute approximate surface area is 132 Å². The number of rotatable bonds is 8. The van der Waals surface area contributed by atoms with Gasteiger partial charge in [0.1, 0.15) is 0 Å². The van der Waals surface area contributed by atoms with Gasteiger partial charge in [0, 0.05) is 30.6 Å². The highest BCUT2D eigenvalue weighted by atomic mass is 32.1. The van der Waals surface area contributed by atoms with E-state index in [1.54, 1.807) is 11.3 Å². The third kappa shape index (κ3) is 6.02. The van der Waals surface area contributed by atoms with Crippen LogP contribution in [-0.2, 0) is 21.4 Å². The Morgan fingerprint density at radius 1 is 1.48 bits per heavy atom. The van der Waals surface area contributed by atoms with Gasteiger partial charge in [-0.25, -0.2) is 4.98 Å². The van der Waals surface area contributed by atoms with Crippen LogP contribution in [0.1, 0.15) is 50.7 Å². The number of hydrogen-bond donors (Lipinski definition) is 1. The number of ether oxygens (including phenoxy) is 2. The standard InChI is InChI=1S/C16H28N2O2S/c1-16(2,3)15-18-13(12-21-15)10-17-7-5-8-19-11-14-6-4-9-20-14/h12,14,17H,4-11H2,1-3H3. The number of hydrogen-bond acceptors (Lipinski definition) is 5. The van der Waals surface area contributed by atoms with Crippen LogP contribution in [0.2, 0.25) is 0 Å². The monoisotopic (exact) mass is 312 g/mol. The maximum Gasteiger partial charge on any atom is 0.0982 e. The molecular weight excluding hydrogens is 284 g/mol. The van der Waals surface area contributed by atoms with Crippen molar-refractivity contribution in [3.8, 4) is 0 Å². The second kappa shape index (κ2) is 8.22. The van der Waals surface area contributed by atoms with Crippen LogP contribution in [0.5, 0.6) is 0 Å². The van der Waals surface area contributed by atoms with Crippen LogP contribution in [0.3, 0.4) is 0 Å². The van der Waals surface area contributed by atoms with Gasteiger partial charge in [-0.05, 0) is 25.8 Å². The van der Waals surface area contributed by atoms with Gasteiger partial charge in [-0.3, -0.25) is 0 Å². The van der Waals surface area contributed by atoms with Crippen molar-refractivity contribution in [2.24, 2.45) is 0 Å². The average molecular weight is 312 g/mol. The van der Waals surface area contributed by atoms with Gasteiger partial charge in [0.05, 0.1) is 23.4 Å². The maximum atomic E-state index is 5.64. The topological polar surface area (TPSA) is 43.4 Å². The normalized spacial score (nSPS) is 19.3. The molecule has 0 amide bonds. The van der Waals surface area contributed by atoms with Crippen molar-refractivity contribution in [3.63, 3.8) is 0 Å². The first-order valence-electron chi connectivity index (χ1n) is 7.90. The van der Waals surface area contributed by atoms with Crippen LogP contribution < -0.4 is 5.32 Å². The molecule has 1 aliphatic heterocycles. The molecule has 1 fully saturated rings. The van der Waals surface area contributed by atoms with Crippen molar-refractivity contribution in [2.45, 2.75) is 58.1 Å². The van der Waals surface area contributed by atoms with E-state index in [-0.39, 0.29) is 5.41 Å². The first-order chi connectivity index (χ1) is 10.1. The quantitative estimate of drug-likeness (QED) is 0.749. The zero-order valence-corrected chi connectivity index (χ0v) is 14.3. The number of nitrogens with zero attached hydrogens (tertiary/aromatic N) is 1. The lowest BCUT2D eigenvalue weighted by Gasteiger charge is -2.13. The zero-order valence-electron chi connectivity index (χ0n) is 13.5. The molecule has 0 bridgehead atoms. The molecule has 1 aromatic heterocycles. The van der Waals surface area contributed by atoms with Crippen molar-refractivity contribution < 1.29 is 9.47 Å².